The molecule has 0 bridgehead atoms. The van der Waals surface area contributed by atoms with Gasteiger partial charge in [0.05, 0.1) is 25.6 Å². The van der Waals surface area contributed by atoms with Gasteiger partial charge in [-0.15, -0.1) is 0 Å². The second kappa shape index (κ2) is 8.48. The molecule has 0 aromatic heterocycles. The van der Waals surface area contributed by atoms with Crippen LogP contribution in [0.3, 0.4) is 0 Å². The first kappa shape index (κ1) is 12.9. The van der Waals surface area contributed by atoms with Crippen molar-refractivity contribution in [2.24, 2.45) is 0 Å². The van der Waals surface area contributed by atoms with E-state index >= 15 is 0 Å². The first-order chi connectivity index (χ1) is 6.70. The van der Waals surface area contributed by atoms with E-state index in [0.29, 0.717) is 19.6 Å². The molecule has 0 saturated carbocycles. The van der Waals surface area contributed by atoms with E-state index < -0.39 is 0 Å². The Morgan fingerprint density at radius 1 is 1.64 bits per heavy atom. The second-order valence-corrected chi connectivity index (χ2v) is 3.00. The Kier molecular flexibility index (Phi) is 7.80. The first-order valence-electron chi connectivity index (χ1n) is 4.56. The first-order valence-corrected chi connectivity index (χ1v) is 4.56. The van der Waals surface area contributed by atoms with Crippen LogP contribution in [0.4, 0.5) is 0 Å². The standard InChI is InChI=1S/C9H17N3O2/c1-8(7-14-2)12-6-9(13)11-5-3-4-10/h8,12H,3,5-7H2,1-2H3,(H,11,13). The van der Waals surface area contributed by atoms with Gasteiger partial charge in [0, 0.05) is 19.7 Å². The van der Waals surface area contributed by atoms with Crippen LogP contribution in [0.2, 0.25) is 0 Å². The Bertz CT molecular complexity index is 201. The van der Waals surface area contributed by atoms with Gasteiger partial charge in [0.25, 0.3) is 0 Å². The second-order valence-electron chi connectivity index (χ2n) is 3.00. The van der Waals surface area contributed by atoms with Crippen LogP contribution < -0.4 is 10.6 Å². The van der Waals surface area contributed by atoms with Crippen LogP contribution in [0.25, 0.3) is 0 Å². The summed E-state index contributed by atoms with van der Waals surface area (Å²) in [5, 5.41) is 13.8. The molecule has 0 aliphatic heterocycles. The third-order valence-electron chi connectivity index (χ3n) is 1.59. The zero-order valence-corrected chi connectivity index (χ0v) is 8.67. The highest BCUT2D eigenvalue weighted by Gasteiger charge is 2.03. The van der Waals surface area contributed by atoms with E-state index in [1.54, 1.807) is 7.11 Å². The summed E-state index contributed by atoms with van der Waals surface area (Å²) in [6.45, 7) is 3.18. The van der Waals surface area contributed by atoms with Gasteiger partial charge in [-0.05, 0) is 6.92 Å². The van der Waals surface area contributed by atoms with Gasteiger partial charge in [-0.1, -0.05) is 0 Å². The molecule has 0 aliphatic carbocycles. The maximum absolute atomic E-state index is 11.1. The van der Waals surface area contributed by atoms with E-state index in [9.17, 15) is 4.79 Å². The van der Waals surface area contributed by atoms with Crippen LogP contribution in [0.1, 0.15) is 13.3 Å². The van der Waals surface area contributed by atoms with Gasteiger partial charge in [0.1, 0.15) is 0 Å². The minimum atomic E-state index is -0.0943. The van der Waals surface area contributed by atoms with Crippen LogP contribution in [0.15, 0.2) is 0 Å². The number of amides is 1. The third kappa shape index (κ3) is 7.53. The fraction of sp³-hybridized carbons (Fsp3) is 0.778. The van der Waals surface area contributed by atoms with Gasteiger partial charge in [0.15, 0.2) is 0 Å². The average molecular weight is 199 g/mol. The normalized spacial score (nSPS) is 11.8. The summed E-state index contributed by atoms with van der Waals surface area (Å²) in [5.41, 5.74) is 0. The number of rotatable bonds is 7. The molecule has 0 radical (unpaired) electrons. The van der Waals surface area contributed by atoms with Crippen molar-refractivity contribution in [3.63, 3.8) is 0 Å². The molecule has 0 aromatic rings. The summed E-state index contributed by atoms with van der Waals surface area (Å²) in [4.78, 5) is 11.1. The topological polar surface area (TPSA) is 74.2 Å². The number of nitrogens with zero attached hydrogens (tertiary/aromatic N) is 1. The molecule has 80 valence electrons. The third-order valence-corrected chi connectivity index (χ3v) is 1.59. The van der Waals surface area contributed by atoms with E-state index in [4.69, 9.17) is 10.00 Å². The Hall–Kier alpha value is -1.12. The van der Waals surface area contributed by atoms with Gasteiger partial charge in [-0.2, -0.15) is 5.26 Å². The zero-order valence-electron chi connectivity index (χ0n) is 8.67. The predicted octanol–water partition coefficient (Wildman–Crippen LogP) is -0.359. The number of hydrogen-bond donors (Lipinski definition) is 2. The Morgan fingerprint density at radius 2 is 2.36 bits per heavy atom. The van der Waals surface area contributed by atoms with E-state index in [0.717, 1.165) is 0 Å². The number of ether oxygens (including phenoxy) is 1. The molecule has 1 atom stereocenters. The molecule has 1 unspecified atom stereocenters. The number of nitriles is 1. The molecule has 0 aromatic carbocycles. The number of nitrogens with one attached hydrogen (secondary N) is 2. The Balaban J connectivity index is 3.39. The molecule has 5 nitrogen and oxygen atoms in total. The van der Waals surface area contributed by atoms with Crippen LogP contribution in [0, 0.1) is 11.3 Å². The molecule has 0 spiro atoms. The van der Waals surface area contributed by atoms with Crippen LogP contribution >= 0.6 is 0 Å². The molecular weight excluding hydrogens is 182 g/mol. The van der Waals surface area contributed by atoms with Crippen molar-refractivity contribution < 1.29 is 9.53 Å². The van der Waals surface area contributed by atoms with Gasteiger partial charge < -0.3 is 15.4 Å². The molecule has 0 fully saturated rings. The number of methoxy groups -OCH3 is 1. The summed E-state index contributed by atoms with van der Waals surface area (Å²) in [6.07, 6.45) is 0.347. The number of carbonyl (C=O) groups is 1. The smallest absolute Gasteiger partial charge is 0.234 e. The lowest BCUT2D eigenvalue weighted by Crippen LogP contribution is -2.39. The molecule has 2 N–H and O–H groups in total. The van der Waals surface area contributed by atoms with Crippen LogP contribution in [-0.4, -0.2) is 38.8 Å². The predicted molar refractivity (Wildman–Crippen MR) is 52.6 cm³/mol. The maximum atomic E-state index is 11.1. The molecular formula is C9H17N3O2. The van der Waals surface area contributed by atoms with Crippen molar-refractivity contribution in [1.82, 2.24) is 10.6 Å². The van der Waals surface area contributed by atoms with E-state index in [2.05, 4.69) is 10.6 Å². The van der Waals surface area contributed by atoms with Crippen molar-refractivity contribution in [1.29, 1.82) is 5.26 Å². The molecule has 0 heterocycles. The highest BCUT2D eigenvalue weighted by atomic mass is 16.5. The largest absolute Gasteiger partial charge is 0.383 e. The van der Waals surface area contributed by atoms with Crippen molar-refractivity contribution >= 4 is 5.91 Å². The molecule has 5 heteroatoms. The fourth-order valence-electron chi connectivity index (χ4n) is 0.896. The van der Waals surface area contributed by atoms with Crippen molar-refractivity contribution in [2.45, 2.75) is 19.4 Å². The highest BCUT2D eigenvalue weighted by Crippen LogP contribution is 1.81. The summed E-state index contributed by atoms with van der Waals surface area (Å²) >= 11 is 0. The van der Waals surface area contributed by atoms with Gasteiger partial charge in [-0.3, -0.25) is 4.79 Å². The molecule has 0 aliphatic rings. The molecule has 0 saturated heterocycles. The highest BCUT2D eigenvalue weighted by molar-refractivity contribution is 5.77. The summed E-state index contributed by atoms with van der Waals surface area (Å²) < 4.78 is 4.90. The van der Waals surface area contributed by atoms with Gasteiger partial charge in [0.2, 0.25) is 5.91 Å². The van der Waals surface area contributed by atoms with E-state index in [-0.39, 0.29) is 18.5 Å². The van der Waals surface area contributed by atoms with Crippen molar-refractivity contribution in [2.75, 3.05) is 26.8 Å². The maximum Gasteiger partial charge on any atom is 0.234 e. The van der Waals surface area contributed by atoms with E-state index in [1.807, 2.05) is 13.0 Å². The van der Waals surface area contributed by atoms with Gasteiger partial charge in [-0.25, -0.2) is 0 Å². The van der Waals surface area contributed by atoms with Gasteiger partial charge >= 0.3 is 0 Å². The van der Waals surface area contributed by atoms with Crippen LogP contribution in [-0.2, 0) is 9.53 Å². The monoisotopic (exact) mass is 199 g/mol. The summed E-state index contributed by atoms with van der Waals surface area (Å²) in [6, 6.07) is 2.11. The minimum Gasteiger partial charge on any atom is -0.383 e. The zero-order chi connectivity index (χ0) is 10.8. The lowest BCUT2D eigenvalue weighted by molar-refractivity contribution is -0.120. The van der Waals surface area contributed by atoms with E-state index in [1.165, 1.54) is 0 Å². The van der Waals surface area contributed by atoms with Crippen LogP contribution in [0.5, 0.6) is 0 Å². The lowest BCUT2D eigenvalue weighted by atomic mass is 10.3. The summed E-state index contributed by atoms with van der Waals surface area (Å²) in [5.74, 6) is -0.0943. The Morgan fingerprint density at radius 3 is 2.93 bits per heavy atom. The van der Waals surface area contributed by atoms with Crippen molar-refractivity contribution in [3.8, 4) is 6.07 Å². The minimum absolute atomic E-state index is 0.0943. The quantitative estimate of drug-likeness (QED) is 0.549. The molecule has 14 heavy (non-hydrogen) atoms. The fourth-order valence-corrected chi connectivity index (χ4v) is 0.896. The molecule has 1 amide bonds. The van der Waals surface area contributed by atoms with Crippen molar-refractivity contribution in [3.05, 3.63) is 0 Å². The summed E-state index contributed by atoms with van der Waals surface area (Å²) in [7, 11) is 1.62. The Labute approximate surface area is 84.4 Å². The SMILES string of the molecule is COCC(C)NCC(=O)NCCC#N. The lowest BCUT2D eigenvalue weighted by Gasteiger charge is -2.11. The molecule has 0 rings (SSSR count). The number of carbonyl (C=O) groups excluding carboxylic acids is 1. The average Bonchev–Trinajstić information content (AvgIpc) is 2.16. The number of hydrogen-bond acceptors (Lipinski definition) is 4.